The van der Waals surface area contributed by atoms with Crippen LogP contribution in [0.5, 0.6) is 0 Å². The maximum atomic E-state index is 12.1. The van der Waals surface area contributed by atoms with E-state index in [1.165, 1.54) is 7.05 Å². The van der Waals surface area contributed by atoms with Crippen LogP contribution in [-0.4, -0.2) is 48.1 Å². The Hall–Kier alpha value is -1.40. The topological polar surface area (TPSA) is 69.6 Å². The molecule has 2 amide bonds. The van der Waals surface area contributed by atoms with Gasteiger partial charge >= 0.3 is 12.0 Å². The summed E-state index contributed by atoms with van der Waals surface area (Å²) in [6, 6.07) is -0.715. The van der Waals surface area contributed by atoms with Crippen LogP contribution in [0.4, 0.5) is 13.6 Å². The highest BCUT2D eigenvalue weighted by Crippen LogP contribution is 2.09. The van der Waals surface area contributed by atoms with Gasteiger partial charge in [0.15, 0.2) is 0 Å². The van der Waals surface area contributed by atoms with Crippen LogP contribution in [0.25, 0.3) is 0 Å². The number of urea groups is 1. The van der Waals surface area contributed by atoms with Crippen LogP contribution in [0, 0.1) is 5.92 Å². The van der Waals surface area contributed by atoms with Gasteiger partial charge in [-0.3, -0.25) is 4.79 Å². The first-order valence-corrected chi connectivity index (χ1v) is 6.26. The fraction of sp³-hybridized carbons (Fsp3) is 0.833. The van der Waals surface area contributed by atoms with Gasteiger partial charge in [0, 0.05) is 13.1 Å². The van der Waals surface area contributed by atoms with Gasteiger partial charge in [-0.05, 0) is 19.8 Å². The molecule has 0 aliphatic carbocycles. The minimum absolute atomic E-state index is 0.173. The average Bonchev–Trinajstić information content (AvgIpc) is 2.27. The normalized spacial score (nSPS) is 14.0. The van der Waals surface area contributed by atoms with E-state index in [1.54, 1.807) is 13.8 Å². The van der Waals surface area contributed by atoms with E-state index in [0.29, 0.717) is 19.3 Å². The van der Waals surface area contributed by atoms with Crippen LogP contribution in [0.2, 0.25) is 0 Å². The summed E-state index contributed by atoms with van der Waals surface area (Å²) in [5, 5.41) is 11.3. The highest BCUT2D eigenvalue weighted by Gasteiger charge is 2.16. The minimum atomic E-state index is -2.55. The maximum absolute atomic E-state index is 12.1. The second-order valence-corrected chi connectivity index (χ2v) is 4.79. The first-order valence-electron chi connectivity index (χ1n) is 6.26. The zero-order valence-electron chi connectivity index (χ0n) is 11.5. The SMILES string of the molecule is CC(CCCC(C)C(=O)O)NC(=O)N(C)CC(F)F. The maximum Gasteiger partial charge on any atom is 0.317 e. The Morgan fingerprint density at radius 1 is 1.26 bits per heavy atom. The quantitative estimate of drug-likeness (QED) is 0.716. The monoisotopic (exact) mass is 280 g/mol. The van der Waals surface area contributed by atoms with Gasteiger partial charge in [0.2, 0.25) is 0 Å². The lowest BCUT2D eigenvalue weighted by atomic mass is 10.0. The van der Waals surface area contributed by atoms with Gasteiger partial charge in [0.1, 0.15) is 0 Å². The van der Waals surface area contributed by atoms with E-state index in [-0.39, 0.29) is 6.04 Å². The molecule has 0 fully saturated rings. The van der Waals surface area contributed by atoms with Crippen LogP contribution in [-0.2, 0) is 4.79 Å². The lowest BCUT2D eigenvalue weighted by molar-refractivity contribution is -0.141. The highest BCUT2D eigenvalue weighted by molar-refractivity contribution is 5.74. The molecule has 0 heterocycles. The molecule has 0 aromatic heterocycles. The number of carboxylic acids is 1. The third kappa shape index (κ3) is 8.34. The summed E-state index contributed by atoms with van der Waals surface area (Å²) in [6.07, 6.45) is -0.746. The van der Waals surface area contributed by atoms with Crippen LogP contribution < -0.4 is 5.32 Å². The standard InChI is InChI=1S/C12H22F2N2O3/c1-8(11(17)18)5-4-6-9(2)15-12(19)16(3)7-10(13)14/h8-10H,4-7H2,1-3H3,(H,15,19)(H,17,18). The lowest BCUT2D eigenvalue weighted by Gasteiger charge is -2.21. The summed E-state index contributed by atoms with van der Waals surface area (Å²) < 4.78 is 24.1. The van der Waals surface area contributed by atoms with Gasteiger partial charge in [0.25, 0.3) is 6.43 Å². The van der Waals surface area contributed by atoms with E-state index in [0.717, 1.165) is 4.90 Å². The molecule has 19 heavy (non-hydrogen) atoms. The molecule has 0 rings (SSSR count). The average molecular weight is 280 g/mol. The van der Waals surface area contributed by atoms with Crippen LogP contribution in [0.3, 0.4) is 0 Å². The molecule has 7 heteroatoms. The van der Waals surface area contributed by atoms with Gasteiger partial charge in [-0.15, -0.1) is 0 Å². The Bertz CT molecular complexity index is 301. The summed E-state index contributed by atoms with van der Waals surface area (Å²) in [4.78, 5) is 23.0. The molecule has 0 aromatic rings. The minimum Gasteiger partial charge on any atom is -0.481 e. The van der Waals surface area contributed by atoms with Crippen LogP contribution in [0.1, 0.15) is 33.1 Å². The molecule has 112 valence electrons. The second kappa shape index (κ2) is 8.66. The van der Waals surface area contributed by atoms with Gasteiger partial charge in [-0.1, -0.05) is 13.3 Å². The molecule has 0 bridgehead atoms. The summed E-state index contributed by atoms with van der Waals surface area (Å²) in [6.45, 7) is 2.79. The molecule has 0 aliphatic heterocycles. The summed E-state index contributed by atoms with van der Waals surface area (Å²) in [7, 11) is 1.31. The fourth-order valence-corrected chi connectivity index (χ4v) is 1.54. The molecule has 0 aliphatic rings. The van der Waals surface area contributed by atoms with Crippen molar-refractivity contribution in [2.45, 2.75) is 45.6 Å². The predicted octanol–water partition coefficient (Wildman–Crippen LogP) is 2.17. The largest absolute Gasteiger partial charge is 0.481 e. The Labute approximate surface area is 112 Å². The Morgan fingerprint density at radius 2 is 1.84 bits per heavy atom. The Morgan fingerprint density at radius 3 is 2.32 bits per heavy atom. The molecule has 0 saturated carbocycles. The molecule has 5 nitrogen and oxygen atoms in total. The number of rotatable bonds is 8. The van der Waals surface area contributed by atoms with E-state index < -0.39 is 30.9 Å². The number of nitrogens with zero attached hydrogens (tertiary/aromatic N) is 1. The number of amides is 2. The van der Waals surface area contributed by atoms with Crippen LogP contribution >= 0.6 is 0 Å². The fourth-order valence-electron chi connectivity index (χ4n) is 1.54. The molecule has 2 unspecified atom stereocenters. The number of halogens is 2. The van der Waals surface area contributed by atoms with E-state index in [1.807, 2.05) is 0 Å². The molecule has 0 radical (unpaired) electrons. The summed E-state index contributed by atoms with van der Waals surface area (Å²) in [5.41, 5.74) is 0. The van der Waals surface area contributed by atoms with Crippen molar-refractivity contribution in [3.8, 4) is 0 Å². The van der Waals surface area contributed by atoms with Crippen molar-refractivity contribution in [3.63, 3.8) is 0 Å². The summed E-state index contributed by atoms with van der Waals surface area (Å²) in [5.74, 6) is -1.25. The molecule has 2 N–H and O–H groups in total. The van der Waals surface area contributed by atoms with Gasteiger partial charge in [0.05, 0.1) is 12.5 Å². The third-order valence-corrected chi connectivity index (χ3v) is 2.82. The van der Waals surface area contributed by atoms with E-state index in [2.05, 4.69) is 5.32 Å². The van der Waals surface area contributed by atoms with Crippen molar-refractivity contribution < 1.29 is 23.5 Å². The number of aliphatic carboxylic acids is 1. The molecular formula is C12H22F2N2O3. The van der Waals surface area contributed by atoms with Gasteiger partial charge in [-0.25, -0.2) is 13.6 Å². The number of carbonyl (C=O) groups excluding carboxylic acids is 1. The third-order valence-electron chi connectivity index (χ3n) is 2.82. The Kier molecular flexibility index (Phi) is 8.02. The molecule has 0 aromatic carbocycles. The second-order valence-electron chi connectivity index (χ2n) is 4.79. The zero-order valence-corrected chi connectivity index (χ0v) is 11.5. The zero-order chi connectivity index (χ0) is 15.0. The van der Waals surface area contributed by atoms with E-state index in [4.69, 9.17) is 5.11 Å². The number of hydrogen-bond acceptors (Lipinski definition) is 2. The van der Waals surface area contributed by atoms with Crippen molar-refractivity contribution in [2.75, 3.05) is 13.6 Å². The first-order chi connectivity index (χ1) is 8.73. The molecule has 0 saturated heterocycles. The van der Waals surface area contributed by atoms with Crippen molar-refractivity contribution in [3.05, 3.63) is 0 Å². The van der Waals surface area contributed by atoms with Gasteiger partial charge < -0.3 is 15.3 Å². The number of hydrogen-bond donors (Lipinski definition) is 2. The molecular weight excluding hydrogens is 258 g/mol. The lowest BCUT2D eigenvalue weighted by Crippen LogP contribution is -2.43. The van der Waals surface area contributed by atoms with Crippen LogP contribution in [0.15, 0.2) is 0 Å². The van der Waals surface area contributed by atoms with Crippen molar-refractivity contribution in [1.29, 1.82) is 0 Å². The number of alkyl halides is 2. The van der Waals surface area contributed by atoms with E-state index in [9.17, 15) is 18.4 Å². The van der Waals surface area contributed by atoms with E-state index >= 15 is 0 Å². The van der Waals surface area contributed by atoms with Gasteiger partial charge in [-0.2, -0.15) is 0 Å². The predicted molar refractivity (Wildman–Crippen MR) is 67.3 cm³/mol. The number of nitrogens with one attached hydrogen (secondary N) is 1. The molecule has 0 spiro atoms. The molecule has 2 atom stereocenters. The first kappa shape index (κ1) is 17.6. The summed E-state index contributed by atoms with van der Waals surface area (Å²) >= 11 is 0. The number of carbonyl (C=O) groups is 2. The highest BCUT2D eigenvalue weighted by atomic mass is 19.3. The van der Waals surface area contributed by atoms with Crippen molar-refractivity contribution in [1.82, 2.24) is 10.2 Å². The number of carboxylic acid groups (broad SMARTS) is 1. The van der Waals surface area contributed by atoms with Crippen molar-refractivity contribution >= 4 is 12.0 Å². The Balaban J connectivity index is 3.88. The van der Waals surface area contributed by atoms with Crippen molar-refractivity contribution in [2.24, 2.45) is 5.92 Å². The smallest absolute Gasteiger partial charge is 0.317 e.